The zero-order valence-electron chi connectivity index (χ0n) is 6.12. The van der Waals surface area contributed by atoms with Crippen LogP contribution in [-0.2, 0) is 0 Å². The van der Waals surface area contributed by atoms with Gasteiger partial charge in [0.05, 0.1) is 0 Å². The Morgan fingerprint density at radius 3 is 2.36 bits per heavy atom. The first-order valence-corrected chi connectivity index (χ1v) is 3.61. The lowest BCUT2D eigenvalue weighted by molar-refractivity contribution is 1.73. The lowest BCUT2D eigenvalue weighted by Gasteiger charge is -1.98. The highest BCUT2D eigenvalue weighted by atomic mass is 15.0. The Morgan fingerprint density at radius 2 is 1.55 bits per heavy atom. The van der Waals surface area contributed by atoms with E-state index in [0.717, 1.165) is 11.1 Å². The SMILES string of the molecule is N[13c]1[13cH][13cH][13cH][13c]2cccc[13c]12. The molecule has 0 aliphatic rings. The number of hydrogen-bond acceptors (Lipinski definition) is 1. The van der Waals surface area contributed by atoms with Crippen LogP contribution in [-0.4, -0.2) is 0 Å². The first-order valence-electron chi connectivity index (χ1n) is 3.61. The molecule has 2 aromatic rings. The molecule has 0 bridgehead atoms. The molecule has 1 heteroatoms. The summed E-state index contributed by atoms with van der Waals surface area (Å²) in [6.07, 6.45) is 0. The average Bonchev–Trinajstić information content (AvgIpc) is 2.06. The van der Waals surface area contributed by atoms with E-state index < -0.39 is 0 Å². The van der Waals surface area contributed by atoms with Crippen molar-refractivity contribution in [1.82, 2.24) is 0 Å². The van der Waals surface area contributed by atoms with Crippen LogP contribution >= 0.6 is 0 Å². The maximum Gasteiger partial charge on any atom is 0.0393 e. The highest BCUT2D eigenvalue weighted by molar-refractivity contribution is 5.92. The molecule has 0 radical (unpaired) electrons. The van der Waals surface area contributed by atoms with Crippen LogP contribution in [0.2, 0.25) is 0 Å². The summed E-state index contributed by atoms with van der Waals surface area (Å²) >= 11 is 0. The summed E-state index contributed by atoms with van der Waals surface area (Å²) in [7, 11) is 0. The van der Waals surface area contributed by atoms with Crippen LogP contribution in [0.15, 0.2) is 42.5 Å². The Labute approximate surface area is 65.5 Å². The van der Waals surface area contributed by atoms with Gasteiger partial charge in [-0.2, -0.15) is 0 Å². The van der Waals surface area contributed by atoms with Gasteiger partial charge in [0.15, 0.2) is 0 Å². The molecule has 0 saturated heterocycles. The van der Waals surface area contributed by atoms with Gasteiger partial charge in [0, 0.05) is 11.1 Å². The standard InChI is InChI=1S/C10H9N/c11-10-7-3-5-8-4-1-2-6-9(8)10/h1-7H,11H2/i3+1,5+1,7+1,8+1,9+1,10+1. The summed E-state index contributed by atoms with van der Waals surface area (Å²) in [5, 5.41) is 2.34. The monoisotopic (exact) mass is 149 g/mol. The minimum Gasteiger partial charge on any atom is -0.398 e. The number of hydrogen-bond donors (Lipinski definition) is 1. The van der Waals surface area contributed by atoms with Crippen molar-refractivity contribution in [3.05, 3.63) is 42.5 Å². The lowest BCUT2D eigenvalue weighted by atomic mass is 10.5. The molecule has 0 atom stereocenters. The topological polar surface area (TPSA) is 26.0 Å². The molecule has 0 unspecified atom stereocenters. The first kappa shape index (κ1) is 6.23. The summed E-state index contributed by atoms with van der Waals surface area (Å²) in [5.41, 5.74) is 6.61. The van der Waals surface area contributed by atoms with Crippen LogP contribution in [0, 0.1) is 0 Å². The van der Waals surface area contributed by atoms with E-state index >= 15 is 0 Å². The number of rotatable bonds is 0. The number of fused-ring (bicyclic) bond motifs is 1. The molecule has 1 nitrogen and oxygen atoms in total. The second kappa shape index (κ2) is 2.27. The van der Waals surface area contributed by atoms with Crippen LogP contribution in [0.25, 0.3) is 10.8 Å². The van der Waals surface area contributed by atoms with Gasteiger partial charge >= 0.3 is 0 Å². The van der Waals surface area contributed by atoms with Crippen molar-refractivity contribution in [2.24, 2.45) is 0 Å². The molecule has 11 heavy (non-hydrogen) atoms. The van der Waals surface area contributed by atoms with E-state index in [1.165, 1.54) is 5.39 Å². The number of nitrogens with two attached hydrogens (primary N) is 1. The molecule has 0 heterocycles. The van der Waals surface area contributed by atoms with Crippen LogP contribution in [0.5, 0.6) is 0 Å². The Bertz CT molecular complexity index is 374. The predicted molar refractivity (Wildman–Crippen MR) is 48.4 cm³/mol. The molecule has 0 aromatic heterocycles. The smallest absolute Gasteiger partial charge is 0.0393 e. The van der Waals surface area contributed by atoms with Gasteiger partial charge in [0.25, 0.3) is 0 Å². The summed E-state index contributed by atoms with van der Waals surface area (Å²) in [5.74, 6) is 0. The van der Waals surface area contributed by atoms with Gasteiger partial charge in [-0.05, 0) is 11.5 Å². The van der Waals surface area contributed by atoms with E-state index in [9.17, 15) is 0 Å². The van der Waals surface area contributed by atoms with Crippen molar-refractivity contribution in [2.75, 3.05) is 5.73 Å². The van der Waals surface area contributed by atoms with Crippen molar-refractivity contribution in [3.8, 4) is 0 Å². The van der Waals surface area contributed by atoms with Gasteiger partial charge in [0.2, 0.25) is 0 Å². The molecule has 0 aliphatic heterocycles. The second-order valence-corrected chi connectivity index (χ2v) is 2.57. The third kappa shape index (κ3) is 0.944. The molecule has 0 spiro atoms. The maximum absolute atomic E-state index is 5.76. The summed E-state index contributed by atoms with van der Waals surface area (Å²) in [6.45, 7) is 0. The van der Waals surface area contributed by atoms with Crippen molar-refractivity contribution < 1.29 is 0 Å². The summed E-state index contributed by atoms with van der Waals surface area (Å²) < 4.78 is 0. The summed E-state index contributed by atoms with van der Waals surface area (Å²) in [6, 6.07) is 14.1. The maximum atomic E-state index is 5.76. The third-order valence-electron chi connectivity index (χ3n) is 1.82. The number of nitrogen functional groups attached to an aromatic ring is 1. The molecule has 0 saturated carbocycles. The second-order valence-electron chi connectivity index (χ2n) is 2.57. The molecule has 2 N–H and O–H groups in total. The minimum atomic E-state index is 0.850. The molecular weight excluding hydrogens is 140 g/mol. The normalized spacial score (nSPS) is 10.2. The number of benzene rings is 2. The molecule has 2 rings (SSSR count). The highest BCUT2D eigenvalue weighted by Crippen LogP contribution is 2.19. The fraction of sp³-hybridized carbons (Fsp3) is 0. The van der Waals surface area contributed by atoms with Crippen molar-refractivity contribution in [1.29, 1.82) is 0 Å². The molecule has 0 fully saturated rings. The van der Waals surface area contributed by atoms with E-state index in [-0.39, 0.29) is 0 Å². The van der Waals surface area contributed by atoms with Crippen LogP contribution in [0.4, 0.5) is 5.69 Å². The Kier molecular flexibility index (Phi) is 1.29. The molecule has 0 amide bonds. The fourth-order valence-corrected chi connectivity index (χ4v) is 1.25. The zero-order chi connectivity index (χ0) is 7.68. The van der Waals surface area contributed by atoms with E-state index in [2.05, 4.69) is 12.1 Å². The lowest BCUT2D eigenvalue weighted by Crippen LogP contribution is -1.84. The minimum absolute atomic E-state index is 0.850. The Balaban J connectivity index is 2.91. The molecule has 2 aromatic carbocycles. The van der Waals surface area contributed by atoms with E-state index in [0.29, 0.717) is 0 Å². The van der Waals surface area contributed by atoms with Gasteiger partial charge in [-0.15, -0.1) is 0 Å². The van der Waals surface area contributed by atoms with E-state index in [1.807, 2.05) is 30.3 Å². The van der Waals surface area contributed by atoms with Gasteiger partial charge < -0.3 is 5.73 Å². The predicted octanol–water partition coefficient (Wildman–Crippen LogP) is 2.42. The van der Waals surface area contributed by atoms with Gasteiger partial charge in [-0.1, -0.05) is 36.4 Å². The van der Waals surface area contributed by atoms with E-state index in [1.54, 1.807) is 0 Å². The third-order valence-corrected chi connectivity index (χ3v) is 1.82. The van der Waals surface area contributed by atoms with Crippen LogP contribution in [0.1, 0.15) is 0 Å². The van der Waals surface area contributed by atoms with Crippen LogP contribution in [0.3, 0.4) is 0 Å². The quantitative estimate of drug-likeness (QED) is 0.572. The van der Waals surface area contributed by atoms with Gasteiger partial charge in [0.1, 0.15) is 0 Å². The Morgan fingerprint density at radius 1 is 0.818 bits per heavy atom. The van der Waals surface area contributed by atoms with E-state index in [4.69, 9.17) is 5.73 Å². The fourth-order valence-electron chi connectivity index (χ4n) is 1.25. The summed E-state index contributed by atoms with van der Waals surface area (Å²) in [4.78, 5) is 0. The first-order chi connectivity index (χ1) is 5.38. The van der Waals surface area contributed by atoms with Crippen LogP contribution < -0.4 is 5.73 Å². The van der Waals surface area contributed by atoms with Gasteiger partial charge in [-0.3, -0.25) is 0 Å². The average molecular weight is 149 g/mol. The van der Waals surface area contributed by atoms with Crippen molar-refractivity contribution in [2.45, 2.75) is 0 Å². The van der Waals surface area contributed by atoms with Gasteiger partial charge in [-0.25, -0.2) is 0 Å². The highest BCUT2D eigenvalue weighted by Gasteiger charge is 1.92. The largest absolute Gasteiger partial charge is 0.398 e. The zero-order valence-corrected chi connectivity index (χ0v) is 6.12. The molecule has 0 aliphatic carbocycles. The molecular formula is C10H9N. The number of anilines is 1. The van der Waals surface area contributed by atoms with Crippen molar-refractivity contribution in [3.63, 3.8) is 0 Å². The molecule has 54 valence electrons. The Hall–Kier alpha value is -1.50. The van der Waals surface area contributed by atoms with Crippen molar-refractivity contribution >= 4 is 16.5 Å².